The van der Waals surface area contributed by atoms with Crippen LogP contribution in [0.25, 0.3) is 0 Å². The van der Waals surface area contributed by atoms with Gasteiger partial charge in [-0.25, -0.2) is 14.4 Å². The van der Waals surface area contributed by atoms with Crippen LogP contribution in [0.1, 0.15) is 54.2 Å². The van der Waals surface area contributed by atoms with Crippen molar-refractivity contribution in [2.24, 2.45) is 0 Å². The van der Waals surface area contributed by atoms with Gasteiger partial charge in [0.05, 0.1) is 6.42 Å². The van der Waals surface area contributed by atoms with Crippen molar-refractivity contribution >= 4 is 40.1 Å². The maximum absolute atomic E-state index is 13.2. The van der Waals surface area contributed by atoms with E-state index in [2.05, 4.69) is 26.6 Å². The largest absolute Gasteiger partial charge is 0.514 e. The number of aryl methyl sites for hydroxylation is 1. The molecule has 0 aromatic heterocycles. The molecule has 0 aliphatic carbocycles. The van der Waals surface area contributed by atoms with Crippen molar-refractivity contribution in [3.63, 3.8) is 0 Å². The van der Waals surface area contributed by atoms with Crippen molar-refractivity contribution in [1.29, 1.82) is 0 Å². The Hall–Kier alpha value is -5.16. The first-order chi connectivity index (χ1) is 23.8. The van der Waals surface area contributed by atoms with Crippen LogP contribution in [0, 0.1) is 6.92 Å². The highest BCUT2D eigenvalue weighted by Crippen LogP contribution is 2.19. The van der Waals surface area contributed by atoms with E-state index in [9.17, 15) is 19.2 Å². The second-order valence-electron chi connectivity index (χ2n) is 12.6. The zero-order chi connectivity index (χ0) is 36.1. The molecule has 2 amide bonds. The molecule has 0 bridgehead atoms. The van der Waals surface area contributed by atoms with Crippen LogP contribution >= 0.6 is 15.9 Å². The Balaban J connectivity index is 1.30. The Morgan fingerprint density at radius 2 is 1.36 bits per heavy atom. The van der Waals surface area contributed by atoms with Crippen molar-refractivity contribution in [2.75, 3.05) is 0 Å². The van der Waals surface area contributed by atoms with E-state index < -0.39 is 29.9 Å². The molecule has 10 nitrogen and oxygen atoms in total. The highest BCUT2D eigenvalue weighted by Gasteiger charge is 2.26. The van der Waals surface area contributed by atoms with Gasteiger partial charge in [0.15, 0.2) is 0 Å². The molecule has 0 spiro atoms. The van der Waals surface area contributed by atoms with E-state index in [1.54, 1.807) is 57.2 Å². The molecule has 50 heavy (non-hydrogen) atoms. The fourth-order valence-electron chi connectivity index (χ4n) is 4.61. The summed E-state index contributed by atoms with van der Waals surface area (Å²) < 4.78 is 22.2. The molecule has 4 aromatic carbocycles. The number of carbonyl (C=O) groups excluding carboxylic acids is 4. The minimum Gasteiger partial charge on any atom is -0.459 e. The van der Waals surface area contributed by atoms with Crippen LogP contribution in [-0.4, -0.2) is 35.8 Å². The molecule has 0 aliphatic heterocycles. The lowest BCUT2D eigenvalue weighted by Gasteiger charge is -2.23. The van der Waals surface area contributed by atoms with Crippen LogP contribution in [0.2, 0.25) is 0 Å². The maximum atomic E-state index is 13.2. The highest BCUT2D eigenvalue weighted by molar-refractivity contribution is 9.10. The van der Waals surface area contributed by atoms with Crippen molar-refractivity contribution in [3.05, 3.63) is 135 Å². The number of halogens is 1. The molecule has 0 fully saturated rings. The van der Waals surface area contributed by atoms with Crippen molar-refractivity contribution in [2.45, 2.75) is 71.9 Å². The number of esters is 1. The first-order valence-electron chi connectivity index (χ1n) is 16.1. The maximum Gasteiger partial charge on any atom is 0.514 e. The van der Waals surface area contributed by atoms with Crippen LogP contribution in [0.5, 0.6) is 5.75 Å². The van der Waals surface area contributed by atoms with Crippen molar-refractivity contribution in [1.82, 2.24) is 10.6 Å². The van der Waals surface area contributed by atoms with Crippen molar-refractivity contribution in [3.8, 4) is 5.75 Å². The Labute approximate surface area is 300 Å². The van der Waals surface area contributed by atoms with Gasteiger partial charge in [-0.15, -0.1) is 0 Å². The lowest BCUT2D eigenvalue weighted by atomic mass is 10.1. The van der Waals surface area contributed by atoms with E-state index in [0.717, 1.165) is 26.7 Å². The second-order valence-corrected chi connectivity index (χ2v) is 13.5. The number of nitrogens with one attached hydrogen (secondary N) is 2. The van der Waals surface area contributed by atoms with Crippen LogP contribution in [0.3, 0.4) is 0 Å². The zero-order valence-electron chi connectivity index (χ0n) is 28.5. The van der Waals surface area contributed by atoms with E-state index >= 15 is 0 Å². The predicted molar refractivity (Wildman–Crippen MR) is 191 cm³/mol. The van der Waals surface area contributed by atoms with E-state index in [0.29, 0.717) is 17.7 Å². The summed E-state index contributed by atoms with van der Waals surface area (Å²) in [5.41, 5.74) is 4.40. The molecule has 1 atom stereocenters. The fraction of sp³-hybridized carbons (Fsp3) is 0.282. The topological polar surface area (TPSA) is 129 Å². The molecule has 0 saturated heterocycles. The van der Waals surface area contributed by atoms with Crippen LogP contribution < -0.4 is 15.4 Å². The molecular weight excluding hydrogens is 704 g/mol. The van der Waals surface area contributed by atoms with E-state index in [1.165, 1.54) is 0 Å². The lowest BCUT2D eigenvalue weighted by Crippen LogP contribution is -2.45. The average Bonchev–Trinajstić information content (AvgIpc) is 3.07. The van der Waals surface area contributed by atoms with Gasteiger partial charge in [-0.3, -0.25) is 4.79 Å². The highest BCUT2D eigenvalue weighted by atomic mass is 79.9. The Kier molecular flexibility index (Phi) is 13.6. The van der Waals surface area contributed by atoms with Crippen molar-refractivity contribution < 1.29 is 38.1 Å². The monoisotopic (exact) mass is 744 g/mol. The normalized spacial score (nSPS) is 11.5. The summed E-state index contributed by atoms with van der Waals surface area (Å²) in [5.74, 6) is -0.513. The summed E-state index contributed by atoms with van der Waals surface area (Å²) in [6, 6.07) is 27.9. The quantitative estimate of drug-likeness (QED) is 0.0818. The summed E-state index contributed by atoms with van der Waals surface area (Å²) in [7, 11) is 0. The van der Waals surface area contributed by atoms with Crippen LogP contribution in [0.15, 0.2) is 102 Å². The Bertz CT molecular complexity index is 1750. The van der Waals surface area contributed by atoms with Gasteiger partial charge in [0.25, 0.3) is 0 Å². The SMILES string of the molecule is Cc1ccc(CNC(=O)Cc2ccc(COC(=O)[C@H](Cc3ccc(OC(=O)OCc4ccccc4Br)cc3)NC(=O)OC(C)(C)C)cc2)cc1. The van der Waals surface area contributed by atoms with Crippen LogP contribution in [-0.2, 0) is 56.4 Å². The van der Waals surface area contributed by atoms with Gasteiger partial charge >= 0.3 is 18.2 Å². The lowest BCUT2D eigenvalue weighted by molar-refractivity contribution is -0.147. The number of amides is 2. The molecule has 4 rings (SSSR count). The molecule has 0 saturated carbocycles. The van der Waals surface area contributed by atoms with Gasteiger partial charge in [-0.05, 0) is 68.1 Å². The van der Waals surface area contributed by atoms with Gasteiger partial charge in [0.2, 0.25) is 5.91 Å². The van der Waals surface area contributed by atoms with E-state index in [-0.39, 0.29) is 37.7 Å². The summed E-state index contributed by atoms with van der Waals surface area (Å²) >= 11 is 3.41. The summed E-state index contributed by atoms with van der Waals surface area (Å²) in [6.07, 6.45) is -1.33. The number of ether oxygens (including phenoxy) is 4. The molecule has 11 heteroatoms. The molecule has 0 heterocycles. The molecule has 0 aliphatic rings. The summed E-state index contributed by atoms with van der Waals surface area (Å²) in [6.45, 7) is 7.62. The molecule has 2 N–H and O–H groups in total. The minimum atomic E-state index is -1.07. The van der Waals surface area contributed by atoms with Gasteiger partial charge < -0.3 is 29.6 Å². The first kappa shape index (κ1) is 37.7. The number of alkyl carbamates (subject to hydrolysis) is 1. The molecule has 0 radical (unpaired) electrons. The summed E-state index contributed by atoms with van der Waals surface area (Å²) in [4.78, 5) is 50.5. The average molecular weight is 746 g/mol. The summed E-state index contributed by atoms with van der Waals surface area (Å²) in [5, 5.41) is 5.53. The Morgan fingerprint density at radius 3 is 2.02 bits per heavy atom. The molecule has 0 unspecified atom stereocenters. The predicted octanol–water partition coefficient (Wildman–Crippen LogP) is 7.51. The van der Waals surface area contributed by atoms with Gasteiger partial charge in [-0.1, -0.05) is 100 Å². The number of carbonyl (C=O) groups is 4. The van der Waals surface area contributed by atoms with E-state index in [1.807, 2.05) is 67.6 Å². The number of hydrogen-bond donors (Lipinski definition) is 2. The third kappa shape index (κ3) is 13.0. The Morgan fingerprint density at radius 1 is 0.740 bits per heavy atom. The number of rotatable bonds is 13. The fourth-order valence-corrected chi connectivity index (χ4v) is 5.01. The molecule has 4 aromatic rings. The third-order valence-electron chi connectivity index (χ3n) is 7.22. The third-order valence-corrected chi connectivity index (χ3v) is 8.00. The second kappa shape index (κ2) is 18.0. The minimum absolute atomic E-state index is 0.0365. The van der Waals surface area contributed by atoms with Gasteiger partial charge in [-0.2, -0.15) is 0 Å². The van der Waals surface area contributed by atoms with Crippen LogP contribution in [0.4, 0.5) is 9.59 Å². The van der Waals surface area contributed by atoms with Gasteiger partial charge in [0.1, 0.15) is 30.6 Å². The smallest absolute Gasteiger partial charge is 0.459 e. The zero-order valence-corrected chi connectivity index (χ0v) is 30.1. The standard InChI is InChI=1S/C39H41BrN2O8/c1-26-9-11-29(12-10-26)23-41-35(43)22-28-13-15-30(16-14-28)24-47-36(44)34(42-37(45)50-39(2,3)4)21-27-17-19-32(20-18-27)49-38(46)48-25-31-7-5-6-8-33(31)40/h5-20,34H,21-25H2,1-4H3,(H,41,43)(H,42,45)/t34-/m0/s1. The van der Waals surface area contributed by atoms with Gasteiger partial charge in [0, 0.05) is 23.0 Å². The van der Waals surface area contributed by atoms with E-state index in [4.69, 9.17) is 18.9 Å². The molecular formula is C39H41BrN2O8. The number of hydrogen-bond acceptors (Lipinski definition) is 8. The number of benzene rings is 4. The molecule has 262 valence electrons. The first-order valence-corrected chi connectivity index (χ1v) is 16.9.